The van der Waals surface area contributed by atoms with Gasteiger partial charge in [-0.3, -0.25) is 4.99 Å². The highest BCUT2D eigenvalue weighted by atomic mass is 35.5. The lowest BCUT2D eigenvalue weighted by atomic mass is 9.75. The maximum atomic E-state index is 10.00. The molecule has 7 nitrogen and oxygen atoms in total. The van der Waals surface area contributed by atoms with E-state index in [0.717, 1.165) is 47.9 Å². The molecule has 1 aliphatic heterocycles. The van der Waals surface area contributed by atoms with Crippen LogP contribution in [0.15, 0.2) is 27.0 Å². The van der Waals surface area contributed by atoms with Crippen molar-refractivity contribution in [2.24, 2.45) is 16.1 Å². The molecule has 1 unspecified atom stereocenters. The molecular formula is C22H31ClN6OS. The highest BCUT2D eigenvalue weighted by molar-refractivity contribution is 7.99. The van der Waals surface area contributed by atoms with Crippen molar-refractivity contribution in [3.63, 3.8) is 0 Å². The van der Waals surface area contributed by atoms with Gasteiger partial charge in [0.05, 0.1) is 23.0 Å². The Morgan fingerprint density at radius 3 is 2.61 bits per heavy atom. The zero-order chi connectivity index (χ0) is 22.8. The number of aliphatic imine (C=N–C) groups is 1. The van der Waals surface area contributed by atoms with Crippen molar-refractivity contribution in [3.05, 3.63) is 34.1 Å². The van der Waals surface area contributed by atoms with Gasteiger partial charge in [0.25, 0.3) is 0 Å². The van der Waals surface area contributed by atoms with Crippen molar-refractivity contribution in [3.8, 4) is 0 Å². The monoisotopic (exact) mass is 462 g/mol. The van der Waals surface area contributed by atoms with E-state index in [1.54, 1.807) is 13.3 Å². The lowest BCUT2D eigenvalue weighted by Gasteiger charge is -2.42. The van der Waals surface area contributed by atoms with Crippen molar-refractivity contribution < 1.29 is 5.11 Å². The average Bonchev–Trinajstić information content (AvgIpc) is 2.75. The summed E-state index contributed by atoms with van der Waals surface area (Å²) in [5.74, 6) is 0.746. The molecule has 3 rings (SSSR count). The first kappa shape index (κ1) is 23.8. The number of aliphatic hydroxyl groups is 1. The summed E-state index contributed by atoms with van der Waals surface area (Å²) in [5, 5.41) is 11.2. The fraction of sp³-hybridized carbons (Fsp3) is 0.500. The Morgan fingerprint density at radius 2 is 2.03 bits per heavy atom. The molecule has 1 aliphatic rings. The minimum absolute atomic E-state index is 0.124. The van der Waals surface area contributed by atoms with Crippen LogP contribution < -0.4 is 16.4 Å². The van der Waals surface area contributed by atoms with Gasteiger partial charge < -0.3 is 21.5 Å². The van der Waals surface area contributed by atoms with Crippen LogP contribution in [0.5, 0.6) is 0 Å². The predicted molar refractivity (Wildman–Crippen MR) is 129 cm³/mol. The first-order chi connectivity index (χ1) is 14.7. The number of rotatable bonds is 6. The molecule has 1 saturated heterocycles. The van der Waals surface area contributed by atoms with Gasteiger partial charge in [-0.2, -0.15) is 0 Å². The van der Waals surface area contributed by atoms with Gasteiger partial charge in [-0.25, -0.2) is 9.97 Å². The number of aliphatic hydroxyl groups excluding tert-OH is 1. The quantitative estimate of drug-likeness (QED) is 0.443. The molecule has 5 N–H and O–H groups in total. The molecule has 2 heterocycles. The summed E-state index contributed by atoms with van der Waals surface area (Å²) in [6, 6.07) is 3.92. The van der Waals surface area contributed by atoms with Crippen LogP contribution in [-0.2, 0) is 6.61 Å². The summed E-state index contributed by atoms with van der Waals surface area (Å²) in [4.78, 5) is 16.5. The molecule has 1 aromatic carbocycles. The smallest absolute Gasteiger partial charge is 0.153 e. The van der Waals surface area contributed by atoms with Gasteiger partial charge in [0, 0.05) is 42.9 Å². The number of nitrogens with two attached hydrogens (primary N) is 2. The second-order valence-electron chi connectivity index (χ2n) is 8.34. The largest absolute Gasteiger partial charge is 0.397 e. The van der Waals surface area contributed by atoms with Crippen LogP contribution in [0.1, 0.15) is 43.6 Å². The molecule has 0 amide bonds. The zero-order valence-electron chi connectivity index (χ0n) is 18.5. The van der Waals surface area contributed by atoms with Crippen molar-refractivity contribution in [1.82, 2.24) is 9.97 Å². The maximum Gasteiger partial charge on any atom is 0.153 e. The number of aryl methyl sites for hydroxylation is 1. The van der Waals surface area contributed by atoms with Gasteiger partial charge in [0.15, 0.2) is 5.82 Å². The van der Waals surface area contributed by atoms with E-state index in [1.165, 1.54) is 11.8 Å². The Bertz CT molecular complexity index is 973. The van der Waals surface area contributed by atoms with E-state index in [2.05, 4.69) is 23.7 Å². The molecule has 2 aromatic rings. The number of halogens is 1. The summed E-state index contributed by atoms with van der Waals surface area (Å²) in [5.41, 5.74) is 15.1. The minimum Gasteiger partial charge on any atom is -0.397 e. The number of benzene rings is 1. The van der Waals surface area contributed by atoms with E-state index in [4.69, 9.17) is 33.0 Å². The average molecular weight is 463 g/mol. The number of hydrogen-bond acceptors (Lipinski definition) is 8. The van der Waals surface area contributed by atoms with Crippen molar-refractivity contribution in [2.75, 3.05) is 30.8 Å². The fourth-order valence-corrected chi connectivity index (χ4v) is 4.87. The normalized spacial score (nSPS) is 17.3. The van der Waals surface area contributed by atoms with Crippen LogP contribution in [0.25, 0.3) is 0 Å². The fourth-order valence-electron chi connectivity index (χ4n) is 3.69. The number of nitrogen functional groups attached to an aromatic ring is 1. The lowest BCUT2D eigenvalue weighted by Crippen LogP contribution is -2.47. The highest BCUT2D eigenvalue weighted by Gasteiger charge is 2.34. The summed E-state index contributed by atoms with van der Waals surface area (Å²) < 4.78 is 0. The second kappa shape index (κ2) is 9.73. The molecule has 1 aromatic heterocycles. The van der Waals surface area contributed by atoms with E-state index in [0.29, 0.717) is 21.4 Å². The van der Waals surface area contributed by atoms with Crippen molar-refractivity contribution in [1.29, 1.82) is 0 Å². The molecule has 9 heteroatoms. The molecule has 0 aliphatic carbocycles. The van der Waals surface area contributed by atoms with Gasteiger partial charge >= 0.3 is 0 Å². The molecule has 1 atom stereocenters. The second-order valence-corrected chi connectivity index (χ2v) is 9.75. The molecule has 168 valence electrons. The van der Waals surface area contributed by atoms with Crippen LogP contribution in [0.3, 0.4) is 0 Å². The number of piperidine rings is 1. The minimum atomic E-state index is -0.182. The standard InChI is InChI=1S/C22H31ClN6OS/c1-13-21(31-17-6-5-15(11-26-4)19(25)18(17)23)28-16(12-30)20(27-13)29-9-7-22(3,8-10-29)14(2)24/h5-6,11,14,30H,7-10,12,24-25H2,1-4H3. The highest BCUT2D eigenvalue weighted by Crippen LogP contribution is 2.39. The molecule has 1 fully saturated rings. The van der Waals surface area contributed by atoms with Crippen molar-refractivity contribution >= 4 is 41.1 Å². The summed E-state index contributed by atoms with van der Waals surface area (Å²) in [6.45, 7) is 7.74. The number of anilines is 2. The molecule has 31 heavy (non-hydrogen) atoms. The SMILES string of the molecule is CN=Cc1ccc(Sc2nc(CO)c(N3CCC(C)(C(C)N)CC3)nc2C)c(Cl)c1N. The number of nitrogens with zero attached hydrogens (tertiary/aromatic N) is 4. The Hall–Kier alpha value is -1.87. The van der Waals surface area contributed by atoms with Gasteiger partial charge in [-0.05, 0) is 38.2 Å². The van der Waals surface area contributed by atoms with Crippen LogP contribution in [-0.4, -0.2) is 47.5 Å². The van der Waals surface area contributed by atoms with Gasteiger partial charge in [-0.15, -0.1) is 0 Å². The van der Waals surface area contributed by atoms with E-state index >= 15 is 0 Å². The predicted octanol–water partition coefficient (Wildman–Crippen LogP) is 3.67. The third-order valence-electron chi connectivity index (χ3n) is 6.18. The summed E-state index contributed by atoms with van der Waals surface area (Å²) >= 11 is 7.89. The van der Waals surface area contributed by atoms with Crippen LogP contribution >= 0.6 is 23.4 Å². The maximum absolute atomic E-state index is 10.00. The lowest BCUT2D eigenvalue weighted by molar-refractivity contribution is 0.204. The Morgan fingerprint density at radius 1 is 1.35 bits per heavy atom. The van der Waals surface area contributed by atoms with E-state index in [-0.39, 0.29) is 18.1 Å². The summed E-state index contributed by atoms with van der Waals surface area (Å²) in [6.07, 6.45) is 3.64. The third-order valence-corrected chi connectivity index (χ3v) is 7.84. The number of aromatic nitrogens is 2. The van der Waals surface area contributed by atoms with Crippen LogP contribution in [0.2, 0.25) is 5.02 Å². The number of hydrogen-bond donors (Lipinski definition) is 3. The van der Waals surface area contributed by atoms with E-state index in [1.807, 2.05) is 19.1 Å². The Labute approximate surface area is 193 Å². The van der Waals surface area contributed by atoms with Gasteiger partial charge in [0.2, 0.25) is 0 Å². The topological polar surface area (TPSA) is 114 Å². The first-order valence-electron chi connectivity index (χ1n) is 10.4. The van der Waals surface area contributed by atoms with Crippen molar-refractivity contribution in [2.45, 2.75) is 56.2 Å². The van der Waals surface area contributed by atoms with Crippen LogP contribution in [0, 0.1) is 12.3 Å². The Kier molecular flexibility index (Phi) is 7.47. The Balaban J connectivity index is 1.86. The molecule has 0 saturated carbocycles. The molecular weight excluding hydrogens is 432 g/mol. The molecule has 0 radical (unpaired) electrons. The van der Waals surface area contributed by atoms with E-state index < -0.39 is 0 Å². The summed E-state index contributed by atoms with van der Waals surface area (Å²) in [7, 11) is 1.69. The van der Waals surface area contributed by atoms with E-state index in [9.17, 15) is 5.11 Å². The van der Waals surface area contributed by atoms with Gasteiger partial charge in [0.1, 0.15) is 10.7 Å². The first-order valence-corrected chi connectivity index (χ1v) is 11.6. The third kappa shape index (κ3) is 4.98. The van der Waals surface area contributed by atoms with Gasteiger partial charge in [-0.1, -0.05) is 36.4 Å². The van der Waals surface area contributed by atoms with Crippen LogP contribution in [0.4, 0.5) is 11.5 Å². The molecule has 0 bridgehead atoms. The zero-order valence-corrected chi connectivity index (χ0v) is 20.1. The molecule has 0 spiro atoms.